The van der Waals surface area contributed by atoms with Crippen LogP contribution in [0, 0.1) is 0 Å². The number of rotatable bonds is 6. The minimum atomic E-state index is -0.661. The van der Waals surface area contributed by atoms with E-state index in [9.17, 15) is 9.90 Å². The van der Waals surface area contributed by atoms with Crippen LogP contribution in [0.2, 0.25) is 0 Å². The van der Waals surface area contributed by atoms with Crippen LogP contribution in [0.5, 0.6) is 0 Å². The summed E-state index contributed by atoms with van der Waals surface area (Å²) in [6.07, 6.45) is 3.83. The van der Waals surface area contributed by atoms with Crippen LogP contribution in [0.1, 0.15) is 12.8 Å². The standard InChI is InChI=1S/C11H22N2O2S/c1-12-5-7-13(8-6-12)10(11(14)15)4-3-9-16-2/h10H,3-9H2,1-2H3,(H,14,15). The Labute approximate surface area is 102 Å². The Kier molecular flexibility index (Phi) is 6.16. The van der Waals surface area contributed by atoms with Gasteiger partial charge in [-0.1, -0.05) is 0 Å². The molecule has 0 bridgehead atoms. The van der Waals surface area contributed by atoms with E-state index in [0.717, 1.165) is 44.8 Å². The van der Waals surface area contributed by atoms with Gasteiger partial charge in [-0.15, -0.1) is 0 Å². The van der Waals surface area contributed by atoms with Crippen LogP contribution >= 0.6 is 11.8 Å². The molecule has 94 valence electrons. The second-order valence-corrected chi connectivity index (χ2v) is 5.31. The molecule has 1 saturated heterocycles. The Hall–Kier alpha value is -0.260. The maximum atomic E-state index is 11.2. The van der Waals surface area contributed by atoms with Gasteiger partial charge in [0.1, 0.15) is 6.04 Å². The molecule has 1 N–H and O–H groups in total. The number of thioether (sulfide) groups is 1. The lowest BCUT2D eigenvalue weighted by Gasteiger charge is -2.36. The molecule has 1 unspecified atom stereocenters. The van der Waals surface area contributed by atoms with Crippen LogP contribution in [0.15, 0.2) is 0 Å². The number of carboxylic acid groups (broad SMARTS) is 1. The van der Waals surface area contributed by atoms with Crippen molar-refractivity contribution in [2.75, 3.05) is 45.2 Å². The van der Waals surface area contributed by atoms with E-state index in [0.29, 0.717) is 0 Å². The van der Waals surface area contributed by atoms with Crippen molar-refractivity contribution in [1.82, 2.24) is 9.80 Å². The molecule has 1 fully saturated rings. The maximum absolute atomic E-state index is 11.2. The van der Waals surface area contributed by atoms with E-state index < -0.39 is 5.97 Å². The smallest absolute Gasteiger partial charge is 0.320 e. The summed E-state index contributed by atoms with van der Waals surface area (Å²) in [7, 11) is 2.08. The van der Waals surface area contributed by atoms with E-state index in [2.05, 4.69) is 23.1 Å². The van der Waals surface area contributed by atoms with Crippen molar-refractivity contribution in [3.05, 3.63) is 0 Å². The average Bonchev–Trinajstić information content (AvgIpc) is 2.26. The molecule has 1 aliphatic rings. The highest BCUT2D eigenvalue weighted by atomic mass is 32.2. The van der Waals surface area contributed by atoms with Crippen molar-refractivity contribution in [2.45, 2.75) is 18.9 Å². The summed E-state index contributed by atoms with van der Waals surface area (Å²) in [5.41, 5.74) is 0. The predicted molar refractivity (Wildman–Crippen MR) is 68.1 cm³/mol. The molecule has 0 aliphatic carbocycles. The Morgan fingerprint density at radius 1 is 1.38 bits per heavy atom. The highest BCUT2D eigenvalue weighted by molar-refractivity contribution is 7.98. The Morgan fingerprint density at radius 3 is 2.50 bits per heavy atom. The molecule has 1 aliphatic heterocycles. The van der Waals surface area contributed by atoms with Crippen LogP contribution in [0.25, 0.3) is 0 Å². The summed E-state index contributed by atoms with van der Waals surface area (Å²) in [6.45, 7) is 3.72. The van der Waals surface area contributed by atoms with Gasteiger partial charge in [-0.2, -0.15) is 11.8 Å². The number of aliphatic carboxylic acids is 1. The topological polar surface area (TPSA) is 43.8 Å². The highest BCUT2D eigenvalue weighted by Crippen LogP contribution is 2.12. The number of hydrogen-bond donors (Lipinski definition) is 1. The van der Waals surface area contributed by atoms with Crippen molar-refractivity contribution in [3.63, 3.8) is 0 Å². The Balaban J connectivity index is 2.40. The Morgan fingerprint density at radius 2 is 2.00 bits per heavy atom. The molecule has 0 radical (unpaired) electrons. The Bertz CT molecular complexity index is 218. The van der Waals surface area contributed by atoms with Crippen LogP contribution in [0.3, 0.4) is 0 Å². The van der Waals surface area contributed by atoms with E-state index in [-0.39, 0.29) is 6.04 Å². The number of hydrogen-bond acceptors (Lipinski definition) is 4. The average molecular weight is 246 g/mol. The van der Waals surface area contributed by atoms with Gasteiger partial charge in [0, 0.05) is 26.2 Å². The van der Waals surface area contributed by atoms with Gasteiger partial charge in [0.15, 0.2) is 0 Å². The summed E-state index contributed by atoms with van der Waals surface area (Å²) in [6, 6.07) is -0.277. The molecule has 0 spiro atoms. The zero-order valence-corrected chi connectivity index (χ0v) is 11.0. The van der Waals surface area contributed by atoms with Gasteiger partial charge in [-0.25, -0.2) is 0 Å². The highest BCUT2D eigenvalue weighted by Gasteiger charge is 2.27. The molecule has 16 heavy (non-hydrogen) atoms. The number of piperazine rings is 1. The fraction of sp³-hybridized carbons (Fsp3) is 0.909. The quantitative estimate of drug-likeness (QED) is 0.703. The van der Waals surface area contributed by atoms with Crippen molar-refractivity contribution in [1.29, 1.82) is 0 Å². The molecule has 1 heterocycles. The van der Waals surface area contributed by atoms with Gasteiger partial charge in [0.05, 0.1) is 0 Å². The zero-order chi connectivity index (χ0) is 12.0. The predicted octanol–water partition coefficient (Wildman–Crippen LogP) is 0.830. The third-order valence-electron chi connectivity index (χ3n) is 3.09. The largest absolute Gasteiger partial charge is 0.480 e. The number of carboxylic acids is 1. The molecule has 0 aromatic heterocycles. The molecule has 5 heteroatoms. The molecule has 0 aromatic carbocycles. The molecule has 0 amide bonds. The fourth-order valence-corrected chi connectivity index (χ4v) is 2.47. The normalized spacial score (nSPS) is 20.9. The molecule has 1 rings (SSSR count). The lowest BCUT2D eigenvalue weighted by molar-refractivity contribution is -0.144. The lowest BCUT2D eigenvalue weighted by atomic mass is 10.1. The van der Waals surface area contributed by atoms with Gasteiger partial charge in [-0.3, -0.25) is 9.69 Å². The van der Waals surface area contributed by atoms with Gasteiger partial charge < -0.3 is 10.0 Å². The molecule has 1 atom stereocenters. The maximum Gasteiger partial charge on any atom is 0.320 e. The van der Waals surface area contributed by atoms with Crippen molar-refractivity contribution < 1.29 is 9.90 Å². The first-order valence-corrected chi connectivity index (χ1v) is 7.19. The van der Waals surface area contributed by atoms with Crippen LogP contribution in [-0.4, -0.2) is 72.2 Å². The fourth-order valence-electron chi connectivity index (χ4n) is 2.02. The van der Waals surface area contributed by atoms with Gasteiger partial charge in [-0.05, 0) is 31.9 Å². The monoisotopic (exact) mass is 246 g/mol. The number of likely N-dealkylation sites (N-methyl/N-ethyl adjacent to an activating group) is 1. The van der Waals surface area contributed by atoms with E-state index >= 15 is 0 Å². The van der Waals surface area contributed by atoms with Gasteiger partial charge in [0.2, 0.25) is 0 Å². The second-order valence-electron chi connectivity index (χ2n) is 4.33. The minimum absolute atomic E-state index is 0.277. The van der Waals surface area contributed by atoms with E-state index in [1.807, 2.05) is 0 Å². The zero-order valence-electron chi connectivity index (χ0n) is 10.2. The number of nitrogens with zero attached hydrogens (tertiary/aromatic N) is 2. The van der Waals surface area contributed by atoms with Gasteiger partial charge in [0.25, 0.3) is 0 Å². The first-order valence-electron chi connectivity index (χ1n) is 5.79. The third-order valence-corrected chi connectivity index (χ3v) is 3.79. The van der Waals surface area contributed by atoms with Crippen LogP contribution in [-0.2, 0) is 4.79 Å². The van der Waals surface area contributed by atoms with Crippen molar-refractivity contribution in [3.8, 4) is 0 Å². The van der Waals surface area contributed by atoms with Crippen LogP contribution < -0.4 is 0 Å². The summed E-state index contributed by atoms with van der Waals surface area (Å²) < 4.78 is 0. The summed E-state index contributed by atoms with van der Waals surface area (Å²) >= 11 is 1.78. The first-order chi connectivity index (χ1) is 7.65. The third kappa shape index (κ3) is 4.31. The van der Waals surface area contributed by atoms with Crippen molar-refractivity contribution >= 4 is 17.7 Å². The molecular weight excluding hydrogens is 224 g/mol. The molecule has 0 saturated carbocycles. The van der Waals surface area contributed by atoms with E-state index in [4.69, 9.17) is 0 Å². The lowest BCUT2D eigenvalue weighted by Crippen LogP contribution is -2.51. The van der Waals surface area contributed by atoms with Crippen molar-refractivity contribution in [2.24, 2.45) is 0 Å². The van der Waals surface area contributed by atoms with Crippen LogP contribution in [0.4, 0.5) is 0 Å². The summed E-state index contributed by atoms with van der Waals surface area (Å²) in [5, 5.41) is 9.23. The van der Waals surface area contributed by atoms with Gasteiger partial charge >= 0.3 is 5.97 Å². The summed E-state index contributed by atoms with van der Waals surface area (Å²) in [5.74, 6) is 0.392. The van der Waals surface area contributed by atoms with E-state index in [1.165, 1.54) is 0 Å². The SMILES string of the molecule is CSCCCC(C(=O)O)N1CCN(C)CC1. The second kappa shape index (κ2) is 7.14. The molecule has 4 nitrogen and oxygen atoms in total. The first kappa shape index (κ1) is 13.8. The minimum Gasteiger partial charge on any atom is -0.480 e. The number of carbonyl (C=O) groups is 1. The summed E-state index contributed by atoms with van der Waals surface area (Å²) in [4.78, 5) is 15.6. The molecular formula is C11H22N2O2S. The molecule has 0 aromatic rings. The van der Waals surface area contributed by atoms with E-state index in [1.54, 1.807) is 11.8 Å².